The van der Waals surface area contributed by atoms with Gasteiger partial charge in [-0.1, -0.05) is 57.2 Å². The molecule has 0 spiro atoms. The molecule has 172 valence electrons. The maximum atomic E-state index is 12.4. The topological polar surface area (TPSA) is 61.8 Å². The molecular weight excluding hydrogens is 416 g/mol. The molecule has 5 nitrogen and oxygen atoms in total. The number of hydrogen-bond acceptors (Lipinski definition) is 5. The van der Waals surface area contributed by atoms with Crippen LogP contribution in [-0.4, -0.2) is 18.5 Å². The molecule has 3 rings (SSSR count). The van der Waals surface area contributed by atoms with Gasteiger partial charge in [-0.15, -0.1) is 0 Å². The molecule has 0 bridgehead atoms. The molecule has 0 unspecified atom stereocenters. The van der Waals surface area contributed by atoms with E-state index in [0.717, 1.165) is 12.2 Å². The molecule has 0 aliphatic heterocycles. The first-order valence-corrected chi connectivity index (χ1v) is 11.5. The predicted molar refractivity (Wildman–Crippen MR) is 128 cm³/mol. The first-order chi connectivity index (χ1) is 16.2. The van der Waals surface area contributed by atoms with Gasteiger partial charge in [-0.05, 0) is 67.1 Å². The second-order valence-electron chi connectivity index (χ2n) is 7.76. The Morgan fingerprint density at radius 1 is 0.576 bits per heavy atom. The van der Waals surface area contributed by atoms with E-state index in [4.69, 9.17) is 14.2 Å². The number of esters is 2. The molecule has 0 amide bonds. The molecule has 33 heavy (non-hydrogen) atoms. The van der Waals surface area contributed by atoms with Gasteiger partial charge in [-0.25, -0.2) is 9.59 Å². The van der Waals surface area contributed by atoms with Crippen LogP contribution in [0.2, 0.25) is 0 Å². The fourth-order valence-corrected chi connectivity index (χ4v) is 3.24. The average molecular weight is 447 g/mol. The summed E-state index contributed by atoms with van der Waals surface area (Å²) in [6, 6.07) is 22.0. The Kier molecular flexibility index (Phi) is 9.52. The van der Waals surface area contributed by atoms with Crippen molar-refractivity contribution >= 4 is 11.9 Å². The molecule has 0 atom stereocenters. The van der Waals surface area contributed by atoms with E-state index < -0.39 is 11.9 Å². The number of unbranched alkanes of at least 4 members (excludes halogenated alkanes) is 5. The zero-order chi connectivity index (χ0) is 23.3. The van der Waals surface area contributed by atoms with Crippen molar-refractivity contribution in [2.45, 2.75) is 45.4 Å². The summed E-state index contributed by atoms with van der Waals surface area (Å²) in [4.78, 5) is 24.5. The van der Waals surface area contributed by atoms with Crippen molar-refractivity contribution in [3.8, 4) is 17.2 Å². The summed E-state index contributed by atoms with van der Waals surface area (Å²) < 4.78 is 16.5. The fourth-order valence-electron chi connectivity index (χ4n) is 3.24. The fraction of sp³-hybridized carbons (Fsp3) is 0.286. The Hall–Kier alpha value is -3.60. The zero-order valence-corrected chi connectivity index (χ0v) is 19.0. The summed E-state index contributed by atoms with van der Waals surface area (Å²) in [7, 11) is 0. The maximum absolute atomic E-state index is 12.4. The van der Waals surface area contributed by atoms with Crippen LogP contribution in [0.3, 0.4) is 0 Å². The van der Waals surface area contributed by atoms with E-state index in [2.05, 4.69) is 6.92 Å². The lowest BCUT2D eigenvalue weighted by atomic mass is 10.1. The minimum Gasteiger partial charge on any atom is -0.494 e. The molecule has 0 aliphatic rings. The van der Waals surface area contributed by atoms with Gasteiger partial charge in [0.25, 0.3) is 0 Å². The van der Waals surface area contributed by atoms with Crippen LogP contribution in [0.15, 0.2) is 78.9 Å². The van der Waals surface area contributed by atoms with Gasteiger partial charge in [0.05, 0.1) is 17.7 Å². The molecule has 0 N–H and O–H groups in total. The number of benzene rings is 3. The highest BCUT2D eigenvalue weighted by Gasteiger charge is 2.11. The lowest BCUT2D eigenvalue weighted by molar-refractivity contribution is 0.0730. The van der Waals surface area contributed by atoms with Crippen LogP contribution in [-0.2, 0) is 0 Å². The Labute approximate surface area is 195 Å². The number of rotatable bonds is 12. The van der Waals surface area contributed by atoms with Crippen molar-refractivity contribution < 1.29 is 23.8 Å². The first kappa shape index (κ1) is 24.1. The predicted octanol–water partition coefficient (Wildman–Crippen LogP) is 6.86. The van der Waals surface area contributed by atoms with Crippen molar-refractivity contribution in [3.63, 3.8) is 0 Å². The minimum absolute atomic E-state index is 0.354. The normalized spacial score (nSPS) is 10.5. The first-order valence-electron chi connectivity index (χ1n) is 11.5. The van der Waals surface area contributed by atoms with Crippen LogP contribution >= 0.6 is 0 Å². The third-order valence-corrected chi connectivity index (χ3v) is 5.11. The highest BCUT2D eigenvalue weighted by atomic mass is 16.5. The standard InChI is InChI=1S/C28H30O5/c1-2-3-4-5-6-10-21-31-24-17-19-26(20-18-24)33-28(30)23-13-15-25(16-14-23)32-27(29)22-11-8-7-9-12-22/h7-9,11-20H,2-6,10,21H2,1H3. The molecule has 0 heterocycles. The third-order valence-electron chi connectivity index (χ3n) is 5.11. The van der Waals surface area contributed by atoms with E-state index in [9.17, 15) is 9.59 Å². The van der Waals surface area contributed by atoms with Gasteiger partial charge in [0.1, 0.15) is 17.2 Å². The average Bonchev–Trinajstić information content (AvgIpc) is 2.85. The molecule has 3 aromatic rings. The number of ether oxygens (including phenoxy) is 3. The van der Waals surface area contributed by atoms with E-state index >= 15 is 0 Å². The molecule has 0 aromatic heterocycles. The quantitative estimate of drug-likeness (QED) is 0.173. The van der Waals surface area contributed by atoms with E-state index in [1.165, 1.54) is 32.1 Å². The molecule has 3 aromatic carbocycles. The lowest BCUT2D eigenvalue weighted by Crippen LogP contribution is -2.10. The maximum Gasteiger partial charge on any atom is 0.343 e. The SMILES string of the molecule is CCCCCCCCOc1ccc(OC(=O)c2ccc(OC(=O)c3ccccc3)cc2)cc1. The molecule has 0 saturated heterocycles. The number of carbonyl (C=O) groups excluding carboxylic acids is 2. The molecular formula is C28H30O5. The van der Waals surface area contributed by atoms with E-state index in [-0.39, 0.29) is 0 Å². The zero-order valence-electron chi connectivity index (χ0n) is 19.0. The van der Waals surface area contributed by atoms with Gasteiger partial charge in [0.2, 0.25) is 0 Å². The Morgan fingerprint density at radius 3 is 1.67 bits per heavy atom. The Balaban J connectivity index is 1.43. The van der Waals surface area contributed by atoms with Gasteiger partial charge in [-0.3, -0.25) is 0 Å². The summed E-state index contributed by atoms with van der Waals surface area (Å²) in [6.45, 7) is 2.90. The molecule has 0 saturated carbocycles. The van der Waals surface area contributed by atoms with Crippen LogP contribution in [0.1, 0.15) is 66.2 Å². The molecule has 0 fully saturated rings. The summed E-state index contributed by atoms with van der Waals surface area (Å²) in [5, 5.41) is 0. The molecule has 5 heteroatoms. The number of hydrogen-bond donors (Lipinski definition) is 0. The number of carbonyl (C=O) groups is 2. The third kappa shape index (κ3) is 8.11. The Morgan fingerprint density at radius 2 is 1.06 bits per heavy atom. The van der Waals surface area contributed by atoms with Crippen LogP contribution in [0.5, 0.6) is 17.2 Å². The van der Waals surface area contributed by atoms with Crippen molar-refractivity contribution in [2.75, 3.05) is 6.61 Å². The largest absolute Gasteiger partial charge is 0.494 e. The highest BCUT2D eigenvalue weighted by Crippen LogP contribution is 2.20. The summed E-state index contributed by atoms with van der Waals surface area (Å²) in [6.07, 6.45) is 7.31. The van der Waals surface area contributed by atoms with Crippen LogP contribution in [0, 0.1) is 0 Å². The van der Waals surface area contributed by atoms with E-state index in [1.54, 1.807) is 72.8 Å². The minimum atomic E-state index is -0.489. The van der Waals surface area contributed by atoms with Gasteiger partial charge in [0, 0.05) is 0 Å². The summed E-state index contributed by atoms with van der Waals surface area (Å²) in [5.41, 5.74) is 0.818. The van der Waals surface area contributed by atoms with Crippen LogP contribution in [0.4, 0.5) is 0 Å². The summed E-state index contributed by atoms with van der Waals surface area (Å²) >= 11 is 0. The Bertz CT molecular complexity index is 995. The van der Waals surface area contributed by atoms with Crippen molar-refractivity contribution in [1.29, 1.82) is 0 Å². The lowest BCUT2D eigenvalue weighted by Gasteiger charge is -2.08. The van der Waals surface area contributed by atoms with Gasteiger partial charge in [-0.2, -0.15) is 0 Å². The van der Waals surface area contributed by atoms with Crippen molar-refractivity contribution in [3.05, 3.63) is 90.0 Å². The van der Waals surface area contributed by atoms with Gasteiger partial charge >= 0.3 is 11.9 Å². The van der Waals surface area contributed by atoms with Crippen molar-refractivity contribution in [1.82, 2.24) is 0 Å². The van der Waals surface area contributed by atoms with Gasteiger partial charge < -0.3 is 14.2 Å². The van der Waals surface area contributed by atoms with Crippen LogP contribution in [0.25, 0.3) is 0 Å². The van der Waals surface area contributed by atoms with E-state index in [1.807, 2.05) is 6.07 Å². The van der Waals surface area contributed by atoms with Crippen LogP contribution < -0.4 is 14.2 Å². The highest BCUT2D eigenvalue weighted by molar-refractivity contribution is 5.92. The second-order valence-corrected chi connectivity index (χ2v) is 7.76. The molecule has 0 radical (unpaired) electrons. The second kappa shape index (κ2) is 13.1. The van der Waals surface area contributed by atoms with Crippen molar-refractivity contribution in [2.24, 2.45) is 0 Å². The smallest absolute Gasteiger partial charge is 0.343 e. The summed E-state index contributed by atoms with van der Waals surface area (Å²) in [5.74, 6) is 0.605. The van der Waals surface area contributed by atoms with E-state index in [0.29, 0.717) is 29.2 Å². The monoisotopic (exact) mass is 446 g/mol. The molecule has 0 aliphatic carbocycles. The van der Waals surface area contributed by atoms with Gasteiger partial charge in [0.15, 0.2) is 0 Å².